The Morgan fingerprint density at radius 1 is 1.40 bits per heavy atom. The first kappa shape index (κ1) is 14.8. The minimum absolute atomic E-state index is 0.0476. The molecule has 5 nitrogen and oxygen atoms in total. The van der Waals surface area contributed by atoms with Crippen LogP contribution >= 0.6 is 27.5 Å². The first-order chi connectivity index (χ1) is 9.52. The van der Waals surface area contributed by atoms with Crippen LogP contribution in [0, 0.1) is 0 Å². The van der Waals surface area contributed by atoms with Gasteiger partial charge in [0, 0.05) is 17.6 Å². The molecule has 0 fully saturated rings. The lowest BCUT2D eigenvalue weighted by molar-refractivity contribution is 0.0965. The Hall–Kier alpha value is -1.60. The molecule has 0 aliphatic rings. The van der Waals surface area contributed by atoms with E-state index in [1.807, 2.05) is 31.2 Å². The summed E-state index contributed by atoms with van der Waals surface area (Å²) in [4.78, 5) is 11.8. The Kier molecular flexibility index (Phi) is 4.61. The van der Waals surface area contributed by atoms with E-state index in [0.717, 1.165) is 10.0 Å². The fourth-order valence-electron chi connectivity index (χ4n) is 1.78. The van der Waals surface area contributed by atoms with Gasteiger partial charge in [-0.2, -0.15) is 4.37 Å². The number of anilines is 2. The van der Waals surface area contributed by atoms with Crippen molar-refractivity contribution in [1.82, 2.24) is 9.69 Å². The molecule has 0 radical (unpaired) electrons. The average Bonchev–Trinajstić information content (AvgIpc) is 2.79. The maximum absolute atomic E-state index is 11.8. The number of nitrogens with one attached hydrogen (secondary N) is 2. The first-order valence-corrected chi connectivity index (χ1v) is 7.58. The molecule has 1 atom stereocenters. The van der Waals surface area contributed by atoms with E-state index in [0.29, 0.717) is 10.6 Å². The Labute approximate surface area is 129 Å². The van der Waals surface area contributed by atoms with E-state index < -0.39 is 0 Å². The van der Waals surface area contributed by atoms with E-state index in [1.165, 1.54) is 11.5 Å². The summed E-state index contributed by atoms with van der Waals surface area (Å²) in [6, 6.07) is 8.05. The number of nitrogen functional groups attached to an aromatic ring is 1. The second kappa shape index (κ2) is 6.23. The van der Waals surface area contributed by atoms with E-state index in [2.05, 4.69) is 30.9 Å². The van der Waals surface area contributed by atoms with Gasteiger partial charge < -0.3 is 16.4 Å². The molecule has 1 amide bonds. The van der Waals surface area contributed by atoms with E-state index in [9.17, 15) is 4.79 Å². The molecular weight excluding hydrogens is 340 g/mol. The van der Waals surface area contributed by atoms with Gasteiger partial charge in [0.1, 0.15) is 10.6 Å². The number of rotatable bonds is 4. The lowest BCUT2D eigenvalue weighted by Gasteiger charge is -2.15. The molecule has 1 aromatic heterocycles. The number of amides is 1. The van der Waals surface area contributed by atoms with Gasteiger partial charge in [0.25, 0.3) is 5.91 Å². The van der Waals surface area contributed by atoms with Crippen molar-refractivity contribution in [2.24, 2.45) is 0 Å². The number of nitrogens with two attached hydrogens (primary N) is 1. The van der Waals surface area contributed by atoms with Gasteiger partial charge in [-0.05, 0) is 36.2 Å². The van der Waals surface area contributed by atoms with E-state index >= 15 is 0 Å². The largest absolute Gasteiger partial charge is 0.382 e. The lowest BCUT2D eigenvalue weighted by Crippen LogP contribution is -2.20. The fourth-order valence-corrected chi connectivity index (χ4v) is 2.84. The van der Waals surface area contributed by atoms with E-state index in [-0.39, 0.29) is 17.8 Å². The van der Waals surface area contributed by atoms with Crippen LogP contribution in [0.1, 0.15) is 28.9 Å². The lowest BCUT2D eigenvalue weighted by atomic mass is 10.1. The summed E-state index contributed by atoms with van der Waals surface area (Å²) in [6.07, 6.45) is 0. The van der Waals surface area contributed by atoms with Crippen LogP contribution < -0.4 is 16.4 Å². The van der Waals surface area contributed by atoms with Gasteiger partial charge in [-0.3, -0.25) is 4.79 Å². The topological polar surface area (TPSA) is 80.0 Å². The highest BCUT2D eigenvalue weighted by Crippen LogP contribution is 2.30. The van der Waals surface area contributed by atoms with Gasteiger partial charge in [0.2, 0.25) is 0 Å². The van der Waals surface area contributed by atoms with Crippen LogP contribution in [0.3, 0.4) is 0 Å². The van der Waals surface area contributed by atoms with Crippen molar-refractivity contribution in [1.29, 1.82) is 0 Å². The van der Waals surface area contributed by atoms with Crippen molar-refractivity contribution in [3.8, 4) is 0 Å². The molecule has 0 bridgehead atoms. The summed E-state index contributed by atoms with van der Waals surface area (Å²) in [7, 11) is 1.57. The van der Waals surface area contributed by atoms with Crippen LogP contribution in [0.5, 0.6) is 0 Å². The maximum atomic E-state index is 11.8. The minimum Gasteiger partial charge on any atom is -0.382 e. The van der Waals surface area contributed by atoms with Gasteiger partial charge in [0.15, 0.2) is 5.82 Å². The predicted octanol–water partition coefficient (Wildman–Crippen LogP) is 3.02. The number of carbonyl (C=O) groups excluding carboxylic acids is 1. The van der Waals surface area contributed by atoms with Gasteiger partial charge in [-0.15, -0.1) is 0 Å². The third-order valence-corrected chi connectivity index (χ3v) is 4.21. The monoisotopic (exact) mass is 354 g/mol. The number of halogens is 1. The molecule has 2 aromatic rings. The Bertz CT molecular complexity index is 611. The highest BCUT2D eigenvalue weighted by atomic mass is 79.9. The quantitative estimate of drug-likeness (QED) is 0.788. The van der Waals surface area contributed by atoms with Gasteiger partial charge in [-0.25, -0.2) is 0 Å². The summed E-state index contributed by atoms with van der Waals surface area (Å²) >= 11 is 4.60. The number of hydrogen-bond acceptors (Lipinski definition) is 5. The average molecular weight is 355 g/mol. The molecule has 1 heterocycles. The molecule has 2 rings (SSSR count). The van der Waals surface area contributed by atoms with Gasteiger partial charge in [0.05, 0.1) is 0 Å². The Balaban J connectivity index is 2.22. The van der Waals surface area contributed by atoms with Crippen LogP contribution in [0.15, 0.2) is 28.7 Å². The minimum atomic E-state index is -0.234. The molecule has 7 heteroatoms. The van der Waals surface area contributed by atoms with Gasteiger partial charge in [-0.1, -0.05) is 28.1 Å². The number of nitrogens with zero attached hydrogens (tertiary/aromatic N) is 1. The first-order valence-electron chi connectivity index (χ1n) is 6.02. The van der Waals surface area contributed by atoms with Crippen LogP contribution in [0.25, 0.3) is 0 Å². The zero-order valence-corrected chi connectivity index (χ0v) is 13.5. The molecule has 1 aromatic carbocycles. The van der Waals surface area contributed by atoms with Crippen molar-refractivity contribution < 1.29 is 4.79 Å². The SMILES string of the molecule is CNC(=O)c1c(N)nsc1NC(C)c1ccc(Br)cc1. The summed E-state index contributed by atoms with van der Waals surface area (Å²) in [5.41, 5.74) is 7.26. The summed E-state index contributed by atoms with van der Waals surface area (Å²) < 4.78 is 5.06. The Morgan fingerprint density at radius 3 is 2.65 bits per heavy atom. The van der Waals surface area contributed by atoms with Crippen LogP contribution in [-0.4, -0.2) is 17.3 Å². The third kappa shape index (κ3) is 3.10. The Morgan fingerprint density at radius 2 is 2.05 bits per heavy atom. The molecule has 106 valence electrons. The van der Waals surface area contributed by atoms with Crippen molar-refractivity contribution in [3.05, 3.63) is 39.9 Å². The molecule has 0 saturated heterocycles. The summed E-state index contributed by atoms with van der Waals surface area (Å²) in [5.74, 6) is 0.0154. The zero-order valence-electron chi connectivity index (χ0n) is 11.1. The van der Waals surface area contributed by atoms with Crippen LogP contribution in [-0.2, 0) is 0 Å². The van der Waals surface area contributed by atoms with Crippen molar-refractivity contribution in [2.45, 2.75) is 13.0 Å². The molecule has 20 heavy (non-hydrogen) atoms. The standard InChI is InChI=1S/C13H15BrN4OS/c1-7(8-3-5-9(14)6-4-8)17-13-10(12(19)16-2)11(15)18-20-13/h3-7,17H,1-2H3,(H2,15,18)(H,16,19). The summed E-state index contributed by atoms with van der Waals surface area (Å²) in [5, 5.41) is 6.53. The number of carbonyl (C=O) groups is 1. The highest BCUT2D eigenvalue weighted by molar-refractivity contribution is 9.10. The second-order valence-corrected chi connectivity index (χ2v) is 5.96. The van der Waals surface area contributed by atoms with Crippen LogP contribution in [0.2, 0.25) is 0 Å². The number of hydrogen-bond donors (Lipinski definition) is 3. The zero-order chi connectivity index (χ0) is 14.7. The van der Waals surface area contributed by atoms with E-state index in [4.69, 9.17) is 5.73 Å². The van der Waals surface area contributed by atoms with E-state index in [1.54, 1.807) is 7.05 Å². The number of benzene rings is 1. The molecular formula is C13H15BrN4OS. The smallest absolute Gasteiger partial charge is 0.257 e. The molecule has 4 N–H and O–H groups in total. The third-order valence-electron chi connectivity index (χ3n) is 2.89. The maximum Gasteiger partial charge on any atom is 0.257 e. The van der Waals surface area contributed by atoms with Crippen LogP contribution in [0.4, 0.5) is 10.8 Å². The molecule has 1 unspecified atom stereocenters. The van der Waals surface area contributed by atoms with Gasteiger partial charge >= 0.3 is 0 Å². The highest BCUT2D eigenvalue weighted by Gasteiger charge is 2.19. The predicted molar refractivity (Wildman–Crippen MR) is 86.1 cm³/mol. The van der Waals surface area contributed by atoms with Crippen molar-refractivity contribution in [3.63, 3.8) is 0 Å². The molecule has 0 saturated carbocycles. The summed E-state index contributed by atoms with van der Waals surface area (Å²) in [6.45, 7) is 2.02. The second-order valence-electron chi connectivity index (χ2n) is 4.27. The normalized spacial score (nSPS) is 11.9. The van der Waals surface area contributed by atoms with Crippen molar-refractivity contribution in [2.75, 3.05) is 18.1 Å². The molecule has 0 spiro atoms. The molecule has 0 aliphatic heterocycles. The molecule has 0 aliphatic carbocycles. The fraction of sp³-hybridized carbons (Fsp3) is 0.231. The number of aromatic nitrogens is 1. The van der Waals surface area contributed by atoms with Crippen molar-refractivity contribution >= 4 is 44.2 Å².